The van der Waals surface area contributed by atoms with Crippen LogP contribution in [0.4, 0.5) is 5.95 Å². The van der Waals surface area contributed by atoms with Gasteiger partial charge in [-0.05, 0) is 36.8 Å². The average Bonchev–Trinajstić information content (AvgIpc) is 3.49. The van der Waals surface area contributed by atoms with E-state index in [0.717, 1.165) is 42.6 Å². The molecule has 1 aliphatic carbocycles. The first kappa shape index (κ1) is 23.2. The van der Waals surface area contributed by atoms with E-state index in [2.05, 4.69) is 26.5 Å². The van der Waals surface area contributed by atoms with Gasteiger partial charge in [-0.2, -0.15) is 4.98 Å². The number of aromatic nitrogens is 6. The second kappa shape index (κ2) is 9.67. The number of ether oxygens (including phenoxy) is 1. The van der Waals surface area contributed by atoms with E-state index in [4.69, 9.17) is 35.8 Å². The number of aromatic amines is 1. The van der Waals surface area contributed by atoms with Crippen LogP contribution in [0.2, 0.25) is 5.02 Å². The van der Waals surface area contributed by atoms with E-state index in [1.54, 1.807) is 0 Å². The Labute approximate surface area is 212 Å². The summed E-state index contributed by atoms with van der Waals surface area (Å²) >= 11 is 6.38. The first-order valence-corrected chi connectivity index (χ1v) is 12.9. The zero-order valence-corrected chi connectivity index (χ0v) is 20.9. The molecule has 0 amide bonds. The number of morpholine rings is 1. The number of halogens is 1. The Bertz CT molecular complexity index is 1430. The maximum absolute atomic E-state index is 11.6. The van der Waals surface area contributed by atoms with Crippen LogP contribution in [0.1, 0.15) is 32.6 Å². The molecule has 1 saturated heterocycles. The Morgan fingerprint density at radius 2 is 1.92 bits per heavy atom. The van der Waals surface area contributed by atoms with E-state index in [1.165, 1.54) is 25.7 Å². The molecule has 2 fully saturated rings. The molecular formula is C25H28ClN7O3. The third kappa shape index (κ3) is 4.51. The monoisotopic (exact) mass is 509 g/mol. The van der Waals surface area contributed by atoms with Crippen molar-refractivity contribution >= 4 is 28.7 Å². The number of fused-ring (bicyclic) bond motifs is 1. The average molecular weight is 510 g/mol. The SMILES string of the molecule is C[C@H]1CC[C@H](Cn2c(N3CCOCC3)nc3nc(-c4noc(=O)[nH]4)nc(-c4cccc(Cl)c4)c32)CC1. The molecule has 0 unspecified atom stereocenters. The number of rotatable bonds is 5. The summed E-state index contributed by atoms with van der Waals surface area (Å²) in [5, 5.41) is 4.42. The van der Waals surface area contributed by atoms with Crippen molar-refractivity contribution in [2.75, 3.05) is 31.2 Å². The number of nitrogens with zero attached hydrogens (tertiary/aromatic N) is 6. The van der Waals surface area contributed by atoms with Gasteiger partial charge in [-0.25, -0.2) is 14.8 Å². The minimum absolute atomic E-state index is 0.161. The molecule has 2 aliphatic rings. The summed E-state index contributed by atoms with van der Waals surface area (Å²) in [7, 11) is 0. The fraction of sp³-hybridized carbons (Fsp3) is 0.480. The third-order valence-electron chi connectivity index (χ3n) is 7.20. The van der Waals surface area contributed by atoms with Crippen LogP contribution in [0.5, 0.6) is 0 Å². The molecule has 188 valence electrons. The molecule has 0 spiro atoms. The number of hydrogen-bond acceptors (Lipinski definition) is 8. The first-order valence-electron chi connectivity index (χ1n) is 12.5. The third-order valence-corrected chi connectivity index (χ3v) is 7.44. The van der Waals surface area contributed by atoms with Gasteiger partial charge in [0, 0.05) is 30.2 Å². The Balaban J connectivity index is 1.56. The topological polar surface area (TPSA) is 115 Å². The molecular weight excluding hydrogens is 482 g/mol. The zero-order valence-electron chi connectivity index (χ0n) is 20.1. The van der Waals surface area contributed by atoms with Gasteiger partial charge in [0.1, 0.15) is 11.2 Å². The van der Waals surface area contributed by atoms with Crippen LogP contribution < -0.4 is 10.7 Å². The molecule has 1 aromatic carbocycles. The maximum atomic E-state index is 11.6. The number of anilines is 1. The van der Waals surface area contributed by atoms with Crippen molar-refractivity contribution in [3.8, 4) is 22.9 Å². The molecule has 4 heterocycles. The standard InChI is InChI=1S/C25H28ClN7O3/c1-15-5-7-16(8-6-15)14-33-20-19(17-3-2-4-18(26)13-17)27-22(23-30-25(34)36-31-23)28-21(20)29-24(33)32-9-11-35-12-10-32/h2-4,13,15-16H,5-12,14H2,1H3,(H,30,31,34)/t15-,16-. The Morgan fingerprint density at radius 3 is 2.64 bits per heavy atom. The molecule has 11 heteroatoms. The van der Waals surface area contributed by atoms with E-state index in [9.17, 15) is 4.79 Å². The van der Waals surface area contributed by atoms with Crippen LogP contribution in [0.15, 0.2) is 33.6 Å². The van der Waals surface area contributed by atoms with Crippen molar-refractivity contribution in [2.24, 2.45) is 11.8 Å². The van der Waals surface area contributed by atoms with Crippen molar-refractivity contribution in [2.45, 2.75) is 39.2 Å². The lowest BCUT2D eigenvalue weighted by molar-refractivity contribution is 0.121. The predicted molar refractivity (Wildman–Crippen MR) is 136 cm³/mol. The minimum Gasteiger partial charge on any atom is -0.378 e. The van der Waals surface area contributed by atoms with Gasteiger partial charge in [0.15, 0.2) is 5.65 Å². The highest BCUT2D eigenvalue weighted by molar-refractivity contribution is 6.30. The van der Waals surface area contributed by atoms with Gasteiger partial charge in [-0.1, -0.05) is 48.7 Å². The summed E-state index contributed by atoms with van der Waals surface area (Å²) in [5.41, 5.74) is 2.93. The van der Waals surface area contributed by atoms with E-state index in [-0.39, 0.29) is 11.6 Å². The lowest BCUT2D eigenvalue weighted by Gasteiger charge is -2.31. The molecule has 1 N–H and O–H groups in total. The molecule has 6 rings (SSSR count). The van der Waals surface area contributed by atoms with Gasteiger partial charge in [0.25, 0.3) is 0 Å². The number of benzene rings is 1. The van der Waals surface area contributed by atoms with Gasteiger partial charge >= 0.3 is 5.76 Å². The van der Waals surface area contributed by atoms with Crippen molar-refractivity contribution in [3.63, 3.8) is 0 Å². The Hall–Kier alpha value is -3.24. The van der Waals surface area contributed by atoms with Gasteiger partial charge in [0.05, 0.1) is 13.2 Å². The van der Waals surface area contributed by atoms with Crippen LogP contribution in [-0.4, -0.2) is 56.0 Å². The van der Waals surface area contributed by atoms with Crippen molar-refractivity contribution in [3.05, 3.63) is 39.8 Å². The van der Waals surface area contributed by atoms with Gasteiger partial charge in [-0.15, -0.1) is 0 Å². The summed E-state index contributed by atoms with van der Waals surface area (Å²) in [5.74, 6) is 1.94. The smallest absolute Gasteiger partial charge is 0.378 e. The van der Waals surface area contributed by atoms with Crippen molar-refractivity contribution < 1.29 is 9.26 Å². The number of H-pyrrole nitrogens is 1. The minimum atomic E-state index is -0.663. The van der Waals surface area contributed by atoms with E-state index in [0.29, 0.717) is 35.5 Å². The Kier molecular flexibility index (Phi) is 6.22. The molecule has 0 radical (unpaired) electrons. The van der Waals surface area contributed by atoms with Crippen LogP contribution in [0.25, 0.3) is 34.1 Å². The fourth-order valence-corrected chi connectivity index (χ4v) is 5.43. The lowest BCUT2D eigenvalue weighted by Crippen LogP contribution is -2.38. The number of nitrogens with one attached hydrogen (secondary N) is 1. The summed E-state index contributed by atoms with van der Waals surface area (Å²) in [6.07, 6.45) is 4.86. The second-order valence-corrected chi connectivity index (χ2v) is 10.2. The predicted octanol–water partition coefficient (Wildman–Crippen LogP) is 4.15. The summed E-state index contributed by atoms with van der Waals surface area (Å²) < 4.78 is 12.6. The van der Waals surface area contributed by atoms with E-state index < -0.39 is 5.76 Å². The zero-order chi connectivity index (χ0) is 24.6. The molecule has 0 bridgehead atoms. The molecule has 36 heavy (non-hydrogen) atoms. The molecule has 10 nitrogen and oxygen atoms in total. The van der Waals surface area contributed by atoms with Crippen LogP contribution in [0, 0.1) is 11.8 Å². The lowest BCUT2D eigenvalue weighted by atomic mass is 9.83. The summed E-state index contributed by atoms with van der Waals surface area (Å²) in [6, 6.07) is 7.58. The number of imidazole rings is 1. The molecule has 0 atom stereocenters. The van der Waals surface area contributed by atoms with Crippen molar-refractivity contribution in [1.82, 2.24) is 29.7 Å². The maximum Gasteiger partial charge on any atom is 0.439 e. The quantitative estimate of drug-likeness (QED) is 0.426. The van der Waals surface area contributed by atoms with Crippen LogP contribution in [0.3, 0.4) is 0 Å². The van der Waals surface area contributed by atoms with Crippen LogP contribution >= 0.6 is 11.6 Å². The normalized spacial score (nSPS) is 20.8. The van der Waals surface area contributed by atoms with Crippen LogP contribution in [-0.2, 0) is 11.3 Å². The number of hydrogen-bond donors (Lipinski definition) is 1. The molecule has 3 aromatic heterocycles. The largest absolute Gasteiger partial charge is 0.439 e. The van der Waals surface area contributed by atoms with E-state index >= 15 is 0 Å². The fourth-order valence-electron chi connectivity index (χ4n) is 5.24. The highest BCUT2D eigenvalue weighted by Crippen LogP contribution is 2.36. The van der Waals surface area contributed by atoms with E-state index in [1.807, 2.05) is 24.3 Å². The molecule has 1 aliphatic heterocycles. The van der Waals surface area contributed by atoms with Gasteiger partial charge < -0.3 is 14.2 Å². The first-order chi connectivity index (χ1) is 17.5. The second-order valence-electron chi connectivity index (χ2n) is 9.77. The Morgan fingerprint density at radius 1 is 1.11 bits per heavy atom. The summed E-state index contributed by atoms with van der Waals surface area (Å²) in [6.45, 7) is 6.00. The highest BCUT2D eigenvalue weighted by Gasteiger charge is 2.28. The van der Waals surface area contributed by atoms with Gasteiger partial charge in [-0.3, -0.25) is 9.51 Å². The van der Waals surface area contributed by atoms with Gasteiger partial charge in [0.2, 0.25) is 17.6 Å². The van der Waals surface area contributed by atoms with Crippen molar-refractivity contribution in [1.29, 1.82) is 0 Å². The molecule has 4 aromatic rings. The highest BCUT2D eigenvalue weighted by atomic mass is 35.5. The summed E-state index contributed by atoms with van der Waals surface area (Å²) in [4.78, 5) is 31.0. The molecule has 1 saturated carbocycles.